The molecule has 1 aliphatic rings. The summed E-state index contributed by atoms with van der Waals surface area (Å²) in [5, 5.41) is 1.71. The predicted molar refractivity (Wildman–Crippen MR) is 116 cm³/mol. The maximum Gasteiger partial charge on any atom is 0.378 e. The Balaban J connectivity index is 2.33. The maximum atomic E-state index is 6.74. The highest BCUT2D eigenvalue weighted by molar-refractivity contribution is 6.71. The summed E-state index contributed by atoms with van der Waals surface area (Å²) in [5.41, 5.74) is 1.15. The number of ether oxygens (including phenoxy) is 2. The lowest BCUT2D eigenvalue weighted by molar-refractivity contribution is -0.137. The van der Waals surface area contributed by atoms with Crippen LogP contribution in [0.1, 0.15) is 46.1 Å². The third kappa shape index (κ3) is 3.55. The smallest absolute Gasteiger partial charge is 0.378 e. The molecule has 1 heterocycles. The van der Waals surface area contributed by atoms with Crippen LogP contribution >= 0.6 is 0 Å². The van der Waals surface area contributed by atoms with E-state index in [1.54, 1.807) is 0 Å². The maximum absolute atomic E-state index is 6.74. The molecule has 0 saturated carbocycles. The zero-order chi connectivity index (χ0) is 20.0. The van der Waals surface area contributed by atoms with Crippen molar-refractivity contribution in [3.63, 3.8) is 0 Å². The van der Waals surface area contributed by atoms with Crippen LogP contribution in [0, 0.1) is 0 Å². The fraction of sp³-hybridized carbons (Fsp3) is 0.565. The van der Waals surface area contributed by atoms with Gasteiger partial charge < -0.3 is 18.3 Å². The van der Waals surface area contributed by atoms with Crippen molar-refractivity contribution in [2.45, 2.75) is 57.9 Å². The molecular formula is C23H34O4Si. The Hall–Kier alpha value is -1.24. The first-order chi connectivity index (χ1) is 13.7. The van der Waals surface area contributed by atoms with Crippen LogP contribution in [-0.2, 0) is 23.6 Å². The minimum Gasteiger partial charge on any atom is -0.393 e. The summed E-state index contributed by atoms with van der Waals surface area (Å²) < 4.78 is 26.2. The average molecular weight is 403 g/mol. The normalized spacial score (nSPS) is 24.5. The number of fused-ring (bicyclic) bond motifs is 1. The molecule has 4 nitrogen and oxygen atoms in total. The van der Waals surface area contributed by atoms with Crippen molar-refractivity contribution in [3.8, 4) is 0 Å². The molecule has 0 aromatic heterocycles. The SMILES string of the molecule is CCOC1CCC[Si](OCC)(OCC)C1(OCC)c1cccc2ccccc12. The van der Waals surface area contributed by atoms with E-state index in [0.29, 0.717) is 26.4 Å². The number of hydrogen-bond donors (Lipinski definition) is 0. The molecule has 0 spiro atoms. The Labute approximate surface area is 170 Å². The van der Waals surface area contributed by atoms with E-state index >= 15 is 0 Å². The standard InChI is InChI=1S/C23H34O4Si/c1-5-24-22-17-12-18-28(26-7-3,27-8-4)23(22,25-6-2)21-16-11-14-19-13-9-10-15-20(19)21/h9-11,13-16,22H,5-8,12,17-18H2,1-4H3. The van der Waals surface area contributed by atoms with Crippen LogP contribution in [-0.4, -0.2) is 41.1 Å². The second-order valence-electron chi connectivity index (χ2n) is 7.15. The van der Waals surface area contributed by atoms with E-state index in [9.17, 15) is 0 Å². The van der Waals surface area contributed by atoms with Crippen LogP contribution in [0.4, 0.5) is 0 Å². The Morgan fingerprint density at radius 1 is 0.893 bits per heavy atom. The summed E-state index contributed by atoms with van der Waals surface area (Å²) in [4.78, 5) is 0. The third-order valence-electron chi connectivity index (χ3n) is 5.68. The molecule has 0 aliphatic carbocycles. The first-order valence-corrected chi connectivity index (χ1v) is 12.7. The molecule has 1 fully saturated rings. The zero-order valence-corrected chi connectivity index (χ0v) is 18.7. The quantitative estimate of drug-likeness (QED) is 0.532. The Bertz CT molecular complexity index is 746. The minimum atomic E-state index is -2.79. The molecule has 3 rings (SSSR count). The molecule has 2 atom stereocenters. The van der Waals surface area contributed by atoms with Gasteiger partial charge in [0, 0.05) is 26.4 Å². The van der Waals surface area contributed by atoms with E-state index in [1.165, 1.54) is 10.8 Å². The molecule has 28 heavy (non-hydrogen) atoms. The Morgan fingerprint density at radius 2 is 1.61 bits per heavy atom. The molecule has 0 N–H and O–H groups in total. The van der Waals surface area contributed by atoms with E-state index in [4.69, 9.17) is 18.3 Å². The molecule has 1 aliphatic heterocycles. The predicted octanol–water partition coefficient (Wildman–Crippen LogP) is 5.32. The highest BCUT2D eigenvalue weighted by atomic mass is 28.4. The van der Waals surface area contributed by atoms with Gasteiger partial charge in [-0.25, -0.2) is 0 Å². The van der Waals surface area contributed by atoms with Gasteiger partial charge in [-0.1, -0.05) is 42.5 Å². The van der Waals surface area contributed by atoms with Crippen LogP contribution in [0.25, 0.3) is 10.8 Å². The molecule has 2 unspecified atom stereocenters. The van der Waals surface area contributed by atoms with Crippen molar-refractivity contribution in [1.29, 1.82) is 0 Å². The van der Waals surface area contributed by atoms with Crippen molar-refractivity contribution in [2.24, 2.45) is 0 Å². The topological polar surface area (TPSA) is 36.9 Å². The van der Waals surface area contributed by atoms with E-state index in [-0.39, 0.29) is 6.10 Å². The van der Waals surface area contributed by atoms with Crippen molar-refractivity contribution in [3.05, 3.63) is 48.0 Å². The first kappa shape index (κ1) is 21.5. The molecule has 154 valence electrons. The van der Waals surface area contributed by atoms with Gasteiger partial charge in [0.15, 0.2) is 5.22 Å². The van der Waals surface area contributed by atoms with Crippen molar-refractivity contribution >= 4 is 19.3 Å². The monoisotopic (exact) mass is 402 g/mol. The second kappa shape index (κ2) is 9.50. The van der Waals surface area contributed by atoms with Crippen LogP contribution in [0.2, 0.25) is 6.04 Å². The van der Waals surface area contributed by atoms with Gasteiger partial charge in [-0.05, 0) is 62.9 Å². The second-order valence-corrected chi connectivity index (χ2v) is 10.5. The molecule has 0 radical (unpaired) electrons. The summed E-state index contributed by atoms with van der Waals surface area (Å²) in [6.45, 7) is 10.7. The van der Waals surface area contributed by atoms with E-state index < -0.39 is 13.8 Å². The van der Waals surface area contributed by atoms with Gasteiger partial charge in [-0.3, -0.25) is 0 Å². The van der Waals surface area contributed by atoms with Crippen LogP contribution < -0.4 is 0 Å². The zero-order valence-electron chi connectivity index (χ0n) is 17.7. The van der Waals surface area contributed by atoms with Crippen LogP contribution in [0.3, 0.4) is 0 Å². The number of benzene rings is 2. The minimum absolute atomic E-state index is 0.0817. The third-order valence-corrected chi connectivity index (χ3v) is 10.1. The highest BCUT2D eigenvalue weighted by Gasteiger charge is 2.66. The average Bonchev–Trinajstić information content (AvgIpc) is 2.71. The first-order valence-electron chi connectivity index (χ1n) is 10.7. The van der Waals surface area contributed by atoms with Gasteiger partial charge in [0.25, 0.3) is 0 Å². The molecular weight excluding hydrogens is 368 g/mol. The van der Waals surface area contributed by atoms with Gasteiger partial charge in [-0.15, -0.1) is 0 Å². The summed E-state index contributed by atoms with van der Waals surface area (Å²) in [5.74, 6) is 0. The van der Waals surface area contributed by atoms with Crippen molar-refractivity contribution in [1.82, 2.24) is 0 Å². The molecule has 0 amide bonds. The van der Waals surface area contributed by atoms with E-state index in [1.807, 2.05) is 0 Å². The Kier molecular flexibility index (Phi) is 7.29. The van der Waals surface area contributed by atoms with Gasteiger partial charge in [0.2, 0.25) is 0 Å². The fourth-order valence-corrected chi connectivity index (χ4v) is 9.34. The molecule has 5 heteroatoms. The molecule has 2 aromatic rings. The van der Waals surface area contributed by atoms with Crippen molar-refractivity contribution in [2.75, 3.05) is 26.4 Å². The number of rotatable bonds is 9. The lowest BCUT2D eigenvalue weighted by Gasteiger charge is -2.53. The molecule has 1 saturated heterocycles. The van der Waals surface area contributed by atoms with Crippen LogP contribution in [0.15, 0.2) is 42.5 Å². The summed E-state index contributed by atoms with van der Waals surface area (Å²) in [7, 11) is -2.79. The molecule has 2 aromatic carbocycles. The molecule has 0 bridgehead atoms. The Morgan fingerprint density at radius 3 is 2.29 bits per heavy atom. The van der Waals surface area contributed by atoms with E-state index in [0.717, 1.165) is 24.4 Å². The lowest BCUT2D eigenvalue weighted by Crippen LogP contribution is -2.69. The largest absolute Gasteiger partial charge is 0.393 e. The van der Waals surface area contributed by atoms with Gasteiger partial charge in [0.05, 0.1) is 6.10 Å². The van der Waals surface area contributed by atoms with Crippen LogP contribution in [0.5, 0.6) is 0 Å². The fourth-order valence-electron chi connectivity index (χ4n) is 4.86. The van der Waals surface area contributed by atoms with Gasteiger partial charge in [-0.2, -0.15) is 0 Å². The van der Waals surface area contributed by atoms with Gasteiger partial charge in [0.1, 0.15) is 0 Å². The van der Waals surface area contributed by atoms with E-state index in [2.05, 4.69) is 70.2 Å². The highest BCUT2D eigenvalue weighted by Crippen LogP contribution is 2.50. The van der Waals surface area contributed by atoms with Gasteiger partial charge >= 0.3 is 8.56 Å². The summed E-state index contributed by atoms with van der Waals surface area (Å²) >= 11 is 0. The lowest BCUT2D eigenvalue weighted by atomic mass is 9.93. The summed E-state index contributed by atoms with van der Waals surface area (Å²) in [6.07, 6.45) is 1.91. The number of hydrogen-bond acceptors (Lipinski definition) is 4. The van der Waals surface area contributed by atoms with Crippen molar-refractivity contribution < 1.29 is 18.3 Å². The summed E-state index contributed by atoms with van der Waals surface area (Å²) in [6, 6.07) is 15.9.